The van der Waals surface area contributed by atoms with Gasteiger partial charge >= 0.3 is 0 Å². The quantitative estimate of drug-likeness (QED) is 0.902. The first-order valence-electron chi connectivity index (χ1n) is 5.65. The number of benzene rings is 1. The van der Waals surface area contributed by atoms with Gasteiger partial charge in [0.25, 0.3) is 0 Å². The number of hydrogen-bond donors (Lipinski definition) is 1. The summed E-state index contributed by atoms with van der Waals surface area (Å²) in [6.07, 6.45) is 0.684. The van der Waals surface area contributed by atoms with Gasteiger partial charge in [-0.3, -0.25) is 4.90 Å². The molecule has 1 heterocycles. The van der Waals surface area contributed by atoms with Crippen molar-refractivity contribution in [3.8, 4) is 0 Å². The molecular weight excluding hydrogens is 266 g/mol. The van der Waals surface area contributed by atoms with E-state index in [-0.39, 0.29) is 11.6 Å². The fraction of sp³-hybridized carbons (Fsp3) is 0.538. The van der Waals surface area contributed by atoms with Gasteiger partial charge < -0.3 is 5.11 Å². The van der Waals surface area contributed by atoms with Gasteiger partial charge in [0.1, 0.15) is 0 Å². The molecule has 2 rings (SSSR count). The molecule has 0 radical (unpaired) electrons. The van der Waals surface area contributed by atoms with Crippen LogP contribution in [-0.2, 0) is 6.54 Å². The molecule has 2 nitrogen and oxygen atoms in total. The van der Waals surface area contributed by atoms with Crippen molar-refractivity contribution in [2.45, 2.75) is 38.5 Å². The van der Waals surface area contributed by atoms with E-state index in [4.69, 9.17) is 0 Å². The molecule has 1 saturated heterocycles. The molecule has 1 N–H and O–H groups in total. The zero-order valence-electron chi connectivity index (χ0n) is 9.78. The number of β-amino-alcohol motifs (C(OH)–C–C–N with tert-alkyl or cyclic N) is 1. The summed E-state index contributed by atoms with van der Waals surface area (Å²) in [5.41, 5.74) is 1.39. The largest absolute Gasteiger partial charge is 0.392 e. The molecular formula is C13H18BrNO. The van der Waals surface area contributed by atoms with Crippen molar-refractivity contribution in [3.63, 3.8) is 0 Å². The molecule has 1 aromatic rings. The van der Waals surface area contributed by atoms with E-state index in [9.17, 15) is 5.11 Å². The summed E-state index contributed by atoms with van der Waals surface area (Å²) in [5, 5.41) is 9.72. The summed E-state index contributed by atoms with van der Waals surface area (Å²) in [5.74, 6) is 0. The van der Waals surface area contributed by atoms with Gasteiger partial charge in [-0.05, 0) is 38.0 Å². The Morgan fingerprint density at radius 3 is 2.81 bits per heavy atom. The van der Waals surface area contributed by atoms with Gasteiger partial charge in [-0.1, -0.05) is 28.1 Å². The second kappa shape index (κ2) is 4.47. The average Bonchev–Trinajstić information content (AvgIpc) is 2.39. The van der Waals surface area contributed by atoms with Crippen molar-refractivity contribution in [1.29, 1.82) is 0 Å². The van der Waals surface area contributed by atoms with E-state index < -0.39 is 0 Å². The van der Waals surface area contributed by atoms with Crippen molar-refractivity contribution < 1.29 is 5.11 Å². The minimum Gasteiger partial charge on any atom is -0.392 e. The maximum absolute atomic E-state index is 9.72. The van der Waals surface area contributed by atoms with E-state index in [1.54, 1.807) is 0 Å². The SMILES string of the molecule is CC1(C)CC(O)CN1Cc1cccc(Br)c1. The number of rotatable bonds is 2. The van der Waals surface area contributed by atoms with Crippen molar-refractivity contribution >= 4 is 15.9 Å². The zero-order chi connectivity index (χ0) is 11.8. The van der Waals surface area contributed by atoms with Crippen LogP contribution < -0.4 is 0 Å². The van der Waals surface area contributed by atoms with E-state index >= 15 is 0 Å². The Kier molecular flexibility index (Phi) is 3.38. The van der Waals surface area contributed by atoms with Crippen molar-refractivity contribution in [1.82, 2.24) is 4.90 Å². The first-order valence-corrected chi connectivity index (χ1v) is 6.44. The molecule has 1 aliphatic heterocycles. The fourth-order valence-corrected chi connectivity index (χ4v) is 2.85. The molecule has 1 atom stereocenters. The molecule has 1 aromatic carbocycles. The smallest absolute Gasteiger partial charge is 0.0684 e. The van der Waals surface area contributed by atoms with Gasteiger partial charge in [-0.2, -0.15) is 0 Å². The summed E-state index contributed by atoms with van der Waals surface area (Å²) in [6, 6.07) is 8.36. The van der Waals surface area contributed by atoms with Crippen LogP contribution >= 0.6 is 15.9 Å². The van der Waals surface area contributed by atoms with Crippen LogP contribution in [0.15, 0.2) is 28.7 Å². The maximum Gasteiger partial charge on any atom is 0.0684 e. The fourth-order valence-electron chi connectivity index (χ4n) is 2.41. The van der Waals surface area contributed by atoms with E-state index in [1.165, 1.54) is 5.56 Å². The van der Waals surface area contributed by atoms with Crippen molar-refractivity contribution in [3.05, 3.63) is 34.3 Å². The predicted octanol–water partition coefficient (Wildman–Crippen LogP) is 2.79. The van der Waals surface area contributed by atoms with Gasteiger partial charge in [-0.15, -0.1) is 0 Å². The van der Waals surface area contributed by atoms with Crippen LogP contribution in [0.2, 0.25) is 0 Å². The lowest BCUT2D eigenvalue weighted by Crippen LogP contribution is -2.37. The Labute approximate surface area is 105 Å². The highest BCUT2D eigenvalue weighted by atomic mass is 79.9. The molecule has 1 fully saturated rings. The Balaban J connectivity index is 2.10. The lowest BCUT2D eigenvalue weighted by molar-refractivity contribution is 0.156. The third kappa shape index (κ3) is 2.65. The molecule has 0 saturated carbocycles. The molecule has 16 heavy (non-hydrogen) atoms. The number of likely N-dealkylation sites (tertiary alicyclic amines) is 1. The number of nitrogens with zero attached hydrogens (tertiary/aromatic N) is 1. The van der Waals surface area contributed by atoms with Crippen LogP contribution in [-0.4, -0.2) is 28.2 Å². The summed E-state index contributed by atoms with van der Waals surface area (Å²) >= 11 is 3.48. The van der Waals surface area contributed by atoms with Crippen LogP contribution in [0.25, 0.3) is 0 Å². The van der Waals surface area contributed by atoms with Crippen LogP contribution in [0.5, 0.6) is 0 Å². The van der Waals surface area contributed by atoms with Crippen molar-refractivity contribution in [2.75, 3.05) is 6.54 Å². The van der Waals surface area contributed by atoms with E-state index in [0.717, 1.165) is 24.0 Å². The topological polar surface area (TPSA) is 23.5 Å². The summed E-state index contributed by atoms with van der Waals surface area (Å²) in [4.78, 5) is 2.35. The monoisotopic (exact) mass is 283 g/mol. The first-order chi connectivity index (χ1) is 7.47. The van der Waals surface area contributed by atoms with Crippen LogP contribution in [0, 0.1) is 0 Å². The number of halogens is 1. The summed E-state index contributed by atoms with van der Waals surface area (Å²) in [7, 11) is 0. The predicted molar refractivity (Wildman–Crippen MR) is 69.3 cm³/mol. The number of hydrogen-bond acceptors (Lipinski definition) is 2. The number of aliphatic hydroxyl groups excluding tert-OH is 1. The van der Waals surface area contributed by atoms with Crippen LogP contribution in [0.1, 0.15) is 25.8 Å². The molecule has 3 heteroatoms. The molecule has 88 valence electrons. The van der Waals surface area contributed by atoms with Gasteiger partial charge in [0.2, 0.25) is 0 Å². The molecule has 0 bridgehead atoms. The van der Waals surface area contributed by atoms with E-state index in [2.05, 4.69) is 52.9 Å². The summed E-state index contributed by atoms with van der Waals surface area (Å²) in [6.45, 7) is 6.07. The van der Waals surface area contributed by atoms with Gasteiger partial charge in [0.15, 0.2) is 0 Å². The Morgan fingerprint density at radius 1 is 1.50 bits per heavy atom. The van der Waals surface area contributed by atoms with Crippen LogP contribution in [0.4, 0.5) is 0 Å². The first kappa shape index (κ1) is 12.1. The highest BCUT2D eigenvalue weighted by molar-refractivity contribution is 9.10. The van der Waals surface area contributed by atoms with Gasteiger partial charge in [0, 0.05) is 23.1 Å². The minimum absolute atomic E-state index is 0.0989. The van der Waals surface area contributed by atoms with Gasteiger partial charge in [-0.25, -0.2) is 0 Å². The van der Waals surface area contributed by atoms with E-state index in [0.29, 0.717) is 0 Å². The molecule has 0 amide bonds. The molecule has 0 aromatic heterocycles. The summed E-state index contributed by atoms with van der Waals surface area (Å²) < 4.78 is 1.11. The Hall–Kier alpha value is -0.380. The lowest BCUT2D eigenvalue weighted by atomic mass is 10.0. The van der Waals surface area contributed by atoms with Crippen molar-refractivity contribution in [2.24, 2.45) is 0 Å². The standard InChI is InChI=1S/C13H18BrNO/c1-13(2)7-12(16)9-15(13)8-10-4-3-5-11(14)6-10/h3-6,12,16H,7-9H2,1-2H3. The highest BCUT2D eigenvalue weighted by Gasteiger charge is 2.37. The minimum atomic E-state index is -0.179. The zero-order valence-corrected chi connectivity index (χ0v) is 11.4. The lowest BCUT2D eigenvalue weighted by Gasteiger charge is -2.31. The Morgan fingerprint density at radius 2 is 2.25 bits per heavy atom. The highest BCUT2D eigenvalue weighted by Crippen LogP contribution is 2.30. The third-order valence-corrected chi connectivity index (χ3v) is 3.78. The average molecular weight is 284 g/mol. The second-order valence-electron chi connectivity index (χ2n) is 5.18. The molecule has 0 aliphatic carbocycles. The Bertz CT molecular complexity index is 378. The van der Waals surface area contributed by atoms with E-state index in [1.807, 2.05) is 6.07 Å². The van der Waals surface area contributed by atoms with Gasteiger partial charge in [0.05, 0.1) is 6.10 Å². The second-order valence-corrected chi connectivity index (χ2v) is 6.10. The normalized spacial score (nSPS) is 24.9. The molecule has 1 unspecified atom stereocenters. The molecule has 0 spiro atoms. The van der Waals surface area contributed by atoms with Crippen LogP contribution in [0.3, 0.4) is 0 Å². The third-order valence-electron chi connectivity index (χ3n) is 3.28. The number of aliphatic hydroxyl groups is 1. The molecule has 1 aliphatic rings. The maximum atomic E-state index is 9.72.